The fourth-order valence-electron chi connectivity index (χ4n) is 3.33. The first-order valence-corrected chi connectivity index (χ1v) is 6.73. The molecule has 0 amide bonds. The number of thiocarbonyl (C=S) groups is 1. The summed E-state index contributed by atoms with van der Waals surface area (Å²) in [7, 11) is 0. The van der Waals surface area contributed by atoms with Gasteiger partial charge in [-0.05, 0) is 18.4 Å². The first-order valence-electron chi connectivity index (χ1n) is 6.32. The summed E-state index contributed by atoms with van der Waals surface area (Å²) >= 11 is 5.67. The zero-order valence-corrected chi connectivity index (χ0v) is 10.4. The highest BCUT2D eigenvalue weighted by Crippen LogP contribution is 2.38. The van der Waals surface area contributed by atoms with Gasteiger partial charge in [-0.3, -0.25) is 4.99 Å². The largest absolute Gasteiger partial charge is 0.316 e. The fraction of sp³-hybridized carbons (Fsp3) is 0.429. The van der Waals surface area contributed by atoms with Crippen molar-refractivity contribution in [1.82, 2.24) is 4.90 Å². The molecule has 2 nitrogen and oxygen atoms in total. The van der Waals surface area contributed by atoms with Gasteiger partial charge in [0, 0.05) is 11.5 Å². The van der Waals surface area contributed by atoms with E-state index in [-0.39, 0.29) is 0 Å². The van der Waals surface area contributed by atoms with Gasteiger partial charge in [0.05, 0.1) is 17.6 Å². The Kier molecular flexibility index (Phi) is 1.95. The molecule has 3 heteroatoms. The normalized spacial score (nSPS) is 29.8. The summed E-state index contributed by atoms with van der Waals surface area (Å²) in [5.74, 6) is 1.66. The van der Waals surface area contributed by atoms with Gasteiger partial charge in [0.2, 0.25) is 0 Å². The maximum atomic E-state index is 5.67. The van der Waals surface area contributed by atoms with Crippen molar-refractivity contribution in [2.45, 2.75) is 31.8 Å². The molecule has 1 aromatic carbocycles. The molecule has 1 fully saturated rings. The van der Waals surface area contributed by atoms with Crippen LogP contribution in [-0.2, 0) is 6.54 Å². The average molecular weight is 242 g/mol. The maximum Gasteiger partial charge on any atom is 0.136 e. The molecule has 0 spiro atoms. The van der Waals surface area contributed by atoms with Gasteiger partial charge in [-0.25, -0.2) is 0 Å². The number of benzene rings is 1. The molecule has 0 radical (unpaired) electrons. The lowest BCUT2D eigenvalue weighted by atomic mass is 10.0. The zero-order chi connectivity index (χ0) is 11.4. The van der Waals surface area contributed by atoms with E-state index < -0.39 is 0 Å². The molecule has 4 rings (SSSR count). The lowest BCUT2D eigenvalue weighted by molar-refractivity contribution is 0.502. The standard InChI is InChI=1S/C14H14N2S/c17-14-11-6-3-7-12(11)15-13-10-5-2-1-4-9(10)8-16(13)14/h1-2,4-5,11-12H,3,6-8H2/t11-,12+/m0/s1. The van der Waals surface area contributed by atoms with Crippen molar-refractivity contribution in [3.8, 4) is 0 Å². The predicted molar refractivity (Wildman–Crippen MR) is 72.2 cm³/mol. The molecular formula is C14H14N2S. The van der Waals surface area contributed by atoms with Crippen LogP contribution < -0.4 is 0 Å². The smallest absolute Gasteiger partial charge is 0.136 e. The monoisotopic (exact) mass is 242 g/mol. The number of nitrogens with zero attached hydrogens (tertiary/aromatic N) is 2. The van der Waals surface area contributed by atoms with Gasteiger partial charge in [0.25, 0.3) is 0 Å². The highest BCUT2D eigenvalue weighted by Gasteiger charge is 2.41. The molecule has 2 atom stereocenters. The molecule has 1 aromatic rings. The van der Waals surface area contributed by atoms with Crippen LogP contribution in [0.15, 0.2) is 29.3 Å². The van der Waals surface area contributed by atoms with Gasteiger partial charge < -0.3 is 4.90 Å². The molecule has 2 heterocycles. The van der Waals surface area contributed by atoms with Crippen LogP contribution in [0.3, 0.4) is 0 Å². The van der Waals surface area contributed by atoms with Crippen LogP contribution in [-0.4, -0.2) is 21.8 Å². The van der Waals surface area contributed by atoms with Crippen LogP contribution in [0, 0.1) is 5.92 Å². The lowest BCUT2D eigenvalue weighted by Crippen LogP contribution is -2.42. The molecular weight excluding hydrogens is 228 g/mol. The molecule has 86 valence electrons. The van der Waals surface area contributed by atoms with Crippen molar-refractivity contribution in [1.29, 1.82) is 0 Å². The molecule has 1 aliphatic carbocycles. The van der Waals surface area contributed by atoms with Crippen LogP contribution in [0.5, 0.6) is 0 Å². The number of rotatable bonds is 0. The Labute approximate surface area is 106 Å². The Morgan fingerprint density at radius 1 is 1.24 bits per heavy atom. The van der Waals surface area contributed by atoms with Crippen LogP contribution in [0.4, 0.5) is 0 Å². The summed E-state index contributed by atoms with van der Waals surface area (Å²) in [6.45, 7) is 0.928. The van der Waals surface area contributed by atoms with Crippen molar-refractivity contribution >= 4 is 23.0 Å². The second kappa shape index (κ2) is 3.39. The van der Waals surface area contributed by atoms with E-state index in [1.165, 1.54) is 30.4 Å². The predicted octanol–water partition coefficient (Wildman–Crippen LogP) is 2.76. The molecule has 2 aliphatic heterocycles. The van der Waals surface area contributed by atoms with Gasteiger partial charge in [-0.2, -0.15) is 0 Å². The molecule has 3 aliphatic rings. The Morgan fingerprint density at radius 3 is 3.06 bits per heavy atom. The van der Waals surface area contributed by atoms with E-state index in [1.54, 1.807) is 0 Å². The molecule has 0 bridgehead atoms. The number of hydrogen-bond acceptors (Lipinski definition) is 2. The second-order valence-corrected chi connectivity index (χ2v) is 5.56. The number of amidine groups is 1. The number of fused-ring (bicyclic) bond motifs is 4. The summed E-state index contributed by atoms with van der Waals surface area (Å²) in [6, 6.07) is 9.01. The van der Waals surface area contributed by atoms with Gasteiger partial charge >= 0.3 is 0 Å². The number of aliphatic imine (C=N–C) groups is 1. The Morgan fingerprint density at radius 2 is 2.12 bits per heavy atom. The van der Waals surface area contributed by atoms with E-state index >= 15 is 0 Å². The topological polar surface area (TPSA) is 15.6 Å². The summed E-state index contributed by atoms with van der Waals surface area (Å²) in [5, 5.41) is 0. The molecule has 0 unspecified atom stereocenters. The Balaban J connectivity index is 1.86. The van der Waals surface area contributed by atoms with E-state index in [0.29, 0.717) is 12.0 Å². The molecule has 1 saturated carbocycles. The molecule has 0 aromatic heterocycles. The molecule has 0 saturated heterocycles. The first-order chi connectivity index (χ1) is 8.34. The van der Waals surface area contributed by atoms with Gasteiger partial charge in [0.15, 0.2) is 0 Å². The SMILES string of the molecule is S=C1[C@H]2CCC[C@H]2N=C2c3ccccc3CN12. The van der Waals surface area contributed by atoms with Crippen molar-refractivity contribution in [3.63, 3.8) is 0 Å². The van der Waals surface area contributed by atoms with E-state index in [9.17, 15) is 0 Å². The van der Waals surface area contributed by atoms with Crippen molar-refractivity contribution in [3.05, 3.63) is 35.4 Å². The summed E-state index contributed by atoms with van der Waals surface area (Å²) in [6.07, 6.45) is 3.72. The minimum Gasteiger partial charge on any atom is -0.316 e. The summed E-state index contributed by atoms with van der Waals surface area (Å²) in [5.41, 5.74) is 2.66. The third-order valence-corrected chi connectivity index (χ3v) is 4.72. The van der Waals surface area contributed by atoms with E-state index in [2.05, 4.69) is 29.2 Å². The minimum absolute atomic E-state index is 0.458. The molecule has 17 heavy (non-hydrogen) atoms. The van der Waals surface area contributed by atoms with Gasteiger partial charge in [-0.15, -0.1) is 0 Å². The van der Waals surface area contributed by atoms with E-state index in [1.807, 2.05) is 0 Å². The van der Waals surface area contributed by atoms with Gasteiger partial charge in [0.1, 0.15) is 5.84 Å². The molecule has 0 N–H and O–H groups in total. The third kappa shape index (κ3) is 1.26. The van der Waals surface area contributed by atoms with Crippen molar-refractivity contribution in [2.24, 2.45) is 10.9 Å². The van der Waals surface area contributed by atoms with Crippen LogP contribution >= 0.6 is 12.2 Å². The summed E-state index contributed by atoms with van der Waals surface area (Å²) in [4.78, 5) is 8.34. The fourth-order valence-corrected chi connectivity index (χ4v) is 3.75. The van der Waals surface area contributed by atoms with Gasteiger partial charge in [-0.1, -0.05) is 42.9 Å². The first kappa shape index (κ1) is 9.77. The highest BCUT2D eigenvalue weighted by molar-refractivity contribution is 7.80. The zero-order valence-electron chi connectivity index (χ0n) is 9.60. The maximum absolute atomic E-state index is 5.67. The number of hydrogen-bond donors (Lipinski definition) is 0. The Hall–Kier alpha value is -1.22. The average Bonchev–Trinajstić information content (AvgIpc) is 2.94. The summed E-state index contributed by atoms with van der Waals surface area (Å²) < 4.78 is 0. The third-order valence-electron chi connectivity index (χ3n) is 4.19. The van der Waals surface area contributed by atoms with Crippen LogP contribution in [0.25, 0.3) is 0 Å². The lowest BCUT2D eigenvalue weighted by Gasteiger charge is -2.32. The quantitative estimate of drug-likeness (QED) is 0.650. The Bertz CT molecular complexity index is 535. The van der Waals surface area contributed by atoms with E-state index in [0.717, 1.165) is 17.4 Å². The minimum atomic E-state index is 0.458. The van der Waals surface area contributed by atoms with Crippen LogP contribution in [0.2, 0.25) is 0 Å². The van der Waals surface area contributed by atoms with E-state index in [4.69, 9.17) is 17.2 Å². The second-order valence-electron chi connectivity index (χ2n) is 5.14. The van der Waals surface area contributed by atoms with Crippen molar-refractivity contribution in [2.75, 3.05) is 0 Å². The van der Waals surface area contributed by atoms with Crippen LogP contribution in [0.1, 0.15) is 30.4 Å². The highest BCUT2D eigenvalue weighted by atomic mass is 32.1. The van der Waals surface area contributed by atoms with Crippen molar-refractivity contribution < 1.29 is 0 Å².